The monoisotopic (exact) mass is 150 g/mol. The molecule has 0 saturated heterocycles. The minimum absolute atomic E-state index is 0.0320. The van der Waals surface area contributed by atoms with Gasteiger partial charge in [-0.1, -0.05) is 0 Å². The molecule has 0 saturated carbocycles. The van der Waals surface area contributed by atoms with Gasteiger partial charge in [0.1, 0.15) is 5.52 Å². The predicted molar refractivity (Wildman–Crippen MR) is 36.5 cm³/mol. The number of nitrogens with one attached hydrogen (secondary N) is 2. The van der Waals surface area contributed by atoms with Crippen molar-refractivity contribution in [1.29, 1.82) is 5.41 Å². The van der Waals surface area contributed by atoms with Crippen LogP contribution in [-0.4, -0.2) is 19.7 Å². The number of nitrogens with zero attached hydrogens (tertiary/aromatic N) is 3. The highest BCUT2D eigenvalue weighted by atomic mass is 16.5. The molecule has 2 N–H and O–H groups in total. The molecule has 0 fully saturated rings. The van der Waals surface area contributed by atoms with Crippen molar-refractivity contribution in [3.05, 3.63) is 23.3 Å². The zero-order valence-corrected chi connectivity index (χ0v) is 5.40. The first kappa shape index (κ1) is 5.90. The number of hydrogen-bond acceptors (Lipinski definition) is 4. The predicted octanol–water partition coefficient (Wildman–Crippen LogP) is -0.415. The van der Waals surface area contributed by atoms with Crippen molar-refractivity contribution >= 4 is 11.2 Å². The maximum Gasteiger partial charge on any atom is 0.173 e. The Bertz CT molecular complexity index is 441. The second-order valence-corrected chi connectivity index (χ2v) is 2.02. The van der Waals surface area contributed by atoms with Gasteiger partial charge in [-0.2, -0.15) is 0 Å². The van der Waals surface area contributed by atoms with Crippen LogP contribution in [0.5, 0.6) is 0 Å². The van der Waals surface area contributed by atoms with Crippen LogP contribution in [-0.2, 0) is 0 Å². The molecule has 6 heteroatoms. The normalized spacial score (nSPS) is 10.5. The van der Waals surface area contributed by atoms with E-state index in [4.69, 9.17) is 5.41 Å². The van der Waals surface area contributed by atoms with E-state index in [1.54, 1.807) is 0 Å². The van der Waals surface area contributed by atoms with Crippen molar-refractivity contribution in [1.82, 2.24) is 19.7 Å². The molecule has 0 bridgehead atoms. The zero-order chi connectivity index (χ0) is 7.84. The Morgan fingerprint density at radius 2 is 2.36 bits per heavy atom. The molecule has 2 aromatic rings. The van der Waals surface area contributed by atoms with E-state index in [-0.39, 0.29) is 11.1 Å². The van der Waals surface area contributed by atoms with Gasteiger partial charge in [-0.25, -0.2) is 9.97 Å². The fourth-order valence-electron chi connectivity index (χ4n) is 0.858. The average Bonchev–Trinajstić information content (AvgIpc) is 2.45. The van der Waals surface area contributed by atoms with Gasteiger partial charge >= 0.3 is 0 Å². The number of rotatable bonds is 0. The standard InChI is InChI=1S/C5H4N5O/c6-4-3-5(8-1-7-3)10(11)2-9-4/h1-2,6H,(H,7,8)/q-1. The second-order valence-electron chi connectivity index (χ2n) is 2.02. The fraction of sp³-hybridized carbons (Fsp3) is 0. The molecule has 0 atom stereocenters. The van der Waals surface area contributed by atoms with Crippen molar-refractivity contribution in [2.75, 3.05) is 0 Å². The van der Waals surface area contributed by atoms with Gasteiger partial charge in [0.15, 0.2) is 11.1 Å². The lowest BCUT2D eigenvalue weighted by atomic mass is 10.5. The number of imidazole rings is 1. The molecule has 56 valence electrons. The topological polar surface area (TPSA) is 93.4 Å². The maximum atomic E-state index is 10.9. The summed E-state index contributed by atoms with van der Waals surface area (Å²) in [5.41, 5.74) is 0.595. The minimum atomic E-state index is 0.0320. The molecule has 0 aromatic carbocycles. The second kappa shape index (κ2) is 1.82. The van der Waals surface area contributed by atoms with Gasteiger partial charge < -0.3 is 14.9 Å². The minimum Gasteiger partial charge on any atom is -0.804 e. The Hall–Kier alpha value is -1.85. The van der Waals surface area contributed by atoms with E-state index in [1.807, 2.05) is 0 Å². The third-order valence-electron chi connectivity index (χ3n) is 1.36. The van der Waals surface area contributed by atoms with Crippen LogP contribution < -0.4 is 5.49 Å². The number of aromatic nitrogens is 4. The van der Waals surface area contributed by atoms with Gasteiger partial charge in [-0.3, -0.25) is 5.41 Å². The fourth-order valence-corrected chi connectivity index (χ4v) is 0.858. The van der Waals surface area contributed by atoms with Crippen molar-refractivity contribution in [2.45, 2.75) is 0 Å². The van der Waals surface area contributed by atoms with Gasteiger partial charge in [0.05, 0.1) is 12.7 Å². The summed E-state index contributed by atoms with van der Waals surface area (Å²) in [6.45, 7) is 0. The molecule has 0 aliphatic carbocycles. The van der Waals surface area contributed by atoms with Gasteiger partial charge in [0, 0.05) is 0 Å². The molecule has 0 aliphatic rings. The van der Waals surface area contributed by atoms with Crippen LogP contribution in [0.25, 0.3) is 11.2 Å². The van der Waals surface area contributed by atoms with Crippen molar-refractivity contribution in [3.8, 4) is 0 Å². The Kier molecular flexibility index (Phi) is 0.974. The molecule has 11 heavy (non-hydrogen) atoms. The first-order valence-electron chi connectivity index (χ1n) is 2.92. The van der Waals surface area contributed by atoms with E-state index in [0.29, 0.717) is 10.2 Å². The molecule has 0 radical (unpaired) electrons. The Labute approximate surface area is 60.6 Å². The quantitative estimate of drug-likeness (QED) is 0.534. The smallest absolute Gasteiger partial charge is 0.173 e. The van der Waals surface area contributed by atoms with Gasteiger partial charge in [-0.05, 0) is 0 Å². The maximum absolute atomic E-state index is 10.9. The van der Waals surface area contributed by atoms with Crippen molar-refractivity contribution in [3.63, 3.8) is 0 Å². The molecule has 6 nitrogen and oxygen atoms in total. The van der Waals surface area contributed by atoms with E-state index in [0.717, 1.165) is 6.33 Å². The Morgan fingerprint density at radius 1 is 1.55 bits per heavy atom. The summed E-state index contributed by atoms with van der Waals surface area (Å²) in [6.07, 6.45) is 2.38. The molecule has 0 unspecified atom stereocenters. The van der Waals surface area contributed by atoms with Crippen LogP contribution in [0.3, 0.4) is 0 Å². The highest BCUT2D eigenvalue weighted by Crippen LogP contribution is 1.98. The Morgan fingerprint density at radius 3 is 3.09 bits per heavy atom. The first-order valence-corrected chi connectivity index (χ1v) is 2.92. The zero-order valence-electron chi connectivity index (χ0n) is 5.40. The molecule has 2 heterocycles. The third-order valence-corrected chi connectivity index (χ3v) is 1.36. The van der Waals surface area contributed by atoms with Crippen LogP contribution in [0.1, 0.15) is 0 Å². The first-order chi connectivity index (χ1) is 5.29. The molecular weight excluding hydrogens is 146 g/mol. The van der Waals surface area contributed by atoms with Crippen molar-refractivity contribution < 1.29 is 0 Å². The highest BCUT2D eigenvalue weighted by Gasteiger charge is 1.97. The van der Waals surface area contributed by atoms with Crippen LogP contribution in [0.4, 0.5) is 0 Å². The average molecular weight is 150 g/mol. The summed E-state index contributed by atoms with van der Waals surface area (Å²) in [7, 11) is 0. The molecule has 2 rings (SSSR count). The largest absolute Gasteiger partial charge is 0.804 e. The van der Waals surface area contributed by atoms with Gasteiger partial charge in [0.25, 0.3) is 0 Å². The summed E-state index contributed by atoms with van der Waals surface area (Å²) >= 11 is 0. The van der Waals surface area contributed by atoms with Gasteiger partial charge in [-0.15, -0.1) is 0 Å². The lowest BCUT2D eigenvalue weighted by Crippen LogP contribution is -2.09. The van der Waals surface area contributed by atoms with Gasteiger partial charge in [0.2, 0.25) is 0 Å². The van der Waals surface area contributed by atoms with E-state index in [1.165, 1.54) is 6.33 Å². The molecule has 0 amide bonds. The summed E-state index contributed by atoms with van der Waals surface area (Å²) in [5.74, 6) is 0. The van der Waals surface area contributed by atoms with Crippen LogP contribution >= 0.6 is 0 Å². The van der Waals surface area contributed by atoms with Crippen molar-refractivity contribution in [2.24, 2.45) is 0 Å². The molecular formula is C5H4N5O-. The molecule has 0 aliphatic heterocycles. The highest BCUT2D eigenvalue weighted by molar-refractivity contribution is 5.68. The molecule has 2 aromatic heterocycles. The number of aromatic amines is 1. The number of H-pyrrole nitrogens is 1. The number of fused-ring (bicyclic) bond motifs is 1. The summed E-state index contributed by atoms with van der Waals surface area (Å²) < 4.78 is 0.518. The van der Waals surface area contributed by atoms with E-state index in [2.05, 4.69) is 15.0 Å². The molecule has 0 spiro atoms. The van der Waals surface area contributed by atoms with E-state index in [9.17, 15) is 5.21 Å². The summed E-state index contributed by atoms with van der Waals surface area (Å²) in [4.78, 5) is 9.89. The van der Waals surface area contributed by atoms with Crippen LogP contribution in [0.2, 0.25) is 0 Å². The number of hydrogen-bond donors (Lipinski definition) is 2. The van der Waals surface area contributed by atoms with E-state index < -0.39 is 0 Å². The van der Waals surface area contributed by atoms with E-state index >= 15 is 0 Å². The van der Waals surface area contributed by atoms with Crippen LogP contribution in [0, 0.1) is 10.6 Å². The lowest BCUT2D eigenvalue weighted by Gasteiger charge is -2.07. The summed E-state index contributed by atoms with van der Waals surface area (Å²) in [6, 6.07) is 0. The summed E-state index contributed by atoms with van der Waals surface area (Å²) in [5, 5.41) is 18.1. The Balaban J connectivity index is 3.08. The lowest BCUT2D eigenvalue weighted by molar-refractivity contribution is 0.978. The SMILES string of the molecule is N=c1ncn([O-])c2nc[nH]c12. The van der Waals surface area contributed by atoms with Crippen LogP contribution in [0.15, 0.2) is 12.7 Å². The third kappa shape index (κ3) is 0.689.